The number of nitrogens with zero attached hydrogens (tertiary/aromatic N) is 2. The summed E-state index contributed by atoms with van der Waals surface area (Å²) in [7, 11) is 1.64. The zero-order valence-corrected chi connectivity index (χ0v) is 15.6. The van der Waals surface area contributed by atoms with E-state index in [0.29, 0.717) is 6.54 Å². The Bertz CT molecular complexity index is 847. The second-order valence-corrected chi connectivity index (χ2v) is 7.05. The molecule has 0 saturated carbocycles. The van der Waals surface area contributed by atoms with Crippen molar-refractivity contribution in [3.05, 3.63) is 72.6 Å². The molecule has 6 heteroatoms. The van der Waals surface area contributed by atoms with Crippen LogP contribution in [0.25, 0.3) is 5.69 Å². The molecular formula is C20H21N3O2S. The highest BCUT2D eigenvalue weighted by Gasteiger charge is 2.17. The Morgan fingerprint density at radius 1 is 1.19 bits per heavy atom. The van der Waals surface area contributed by atoms with Crippen LogP contribution < -0.4 is 10.1 Å². The van der Waals surface area contributed by atoms with Gasteiger partial charge >= 0.3 is 0 Å². The average Bonchev–Trinajstić information content (AvgIpc) is 3.15. The molecule has 1 aromatic heterocycles. The lowest BCUT2D eigenvalue weighted by atomic mass is 10.2. The van der Waals surface area contributed by atoms with Crippen LogP contribution in [0.1, 0.15) is 12.5 Å². The fraction of sp³-hybridized carbons (Fsp3) is 0.200. The second-order valence-electron chi connectivity index (χ2n) is 5.74. The van der Waals surface area contributed by atoms with Crippen LogP contribution in [0.15, 0.2) is 72.1 Å². The number of methoxy groups -OCH3 is 1. The molecule has 1 heterocycles. The molecule has 1 amide bonds. The van der Waals surface area contributed by atoms with Crippen LogP contribution in [0.4, 0.5) is 0 Å². The van der Waals surface area contributed by atoms with Crippen molar-refractivity contribution < 1.29 is 9.53 Å². The number of ether oxygens (including phenoxy) is 1. The van der Waals surface area contributed by atoms with Gasteiger partial charge in [-0.25, -0.2) is 4.98 Å². The van der Waals surface area contributed by atoms with Gasteiger partial charge in [0.1, 0.15) is 5.75 Å². The standard InChI is InChI=1S/C20H21N3O2S/c1-15(19(24)22-14-16-6-4-3-5-7-16)26-20-21-12-13-23(20)17-8-10-18(25-2)11-9-17/h3-13,15H,14H2,1-2H3,(H,22,24)/t15-/m0/s1. The highest BCUT2D eigenvalue weighted by atomic mass is 32.2. The number of nitrogens with one attached hydrogen (secondary N) is 1. The first-order valence-corrected chi connectivity index (χ1v) is 9.21. The summed E-state index contributed by atoms with van der Waals surface area (Å²) in [5, 5.41) is 3.50. The number of amides is 1. The van der Waals surface area contributed by atoms with Gasteiger partial charge in [-0.2, -0.15) is 0 Å². The van der Waals surface area contributed by atoms with Gasteiger partial charge in [-0.1, -0.05) is 42.1 Å². The predicted molar refractivity (Wildman–Crippen MR) is 104 cm³/mol. The summed E-state index contributed by atoms with van der Waals surface area (Å²) in [6.07, 6.45) is 3.62. The van der Waals surface area contributed by atoms with E-state index in [1.54, 1.807) is 13.3 Å². The smallest absolute Gasteiger partial charge is 0.233 e. The van der Waals surface area contributed by atoms with Crippen LogP contribution in [0.5, 0.6) is 5.75 Å². The minimum absolute atomic E-state index is 0.0110. The van der Waals surface area contributed by atoms with Gasteiger partial charge < -0.3 is 10.1 Å². The summed E-state index contributed by atoms with van der Waals surface area (Å²) in [5.74, 6) is 0.792. The van der Waals surface area contributed by atoms with E-state index in [1.807, 2.05) is 72.3 Å². The third-order valence-corrected chi connectivity index (χ3v) is 5.00. The third-order valence-electron chi connectivity index (χ3n) is 3.92. The normalized spacial score (nSPS) is 11.8. The average molecular weight is 367 g/mol. The number of hydrogen-bond donors (Lipinski definition) is 1. The summed E-state index contributed by atoms with van der Waals surface area (Å²) in [6, 6.07) is 17.6. The summed E-state index contributed by atoms with van der Waals surface area (Å²) < 4.78 is 7.16. The predicted octanol–water partition coefficient (Wildman–Crippen LogP) is 3.68. The van der Waals surface area contributed by atoms with Crippen molar-refractivity contribution in [3.8, 4) is 11.4 Å². The molecule has 0 spiro atoms. The lowest BCUT2D eigenvalue weighted by molar-refractivity contribution is -0.120. The van der Waals surface area contributed by atoms with E-state index in [0.717, 1.165) is 22.2 Å². The first-order valence-electron chi connectivity index (χ1n) is 8.33. The molecule has 3 rings (SSSR count). The number of imidazole rings is 1. The van der Waals surface area contributed by atoms with Gasteiger partial charge in [0.2, 0.25) is 5.91 Å². The fourth-order valence-electron chi connectivity index (χ4n) is 2.46. The molecule has 0 aliphatic heterocycles. The maximum absolute atomic E-state index is 12.4. The Balaban J connectivity index is 1.63. The van der Waals surface area contributed by atoms with Gasteiger partial charge in [-0.3, -0.25) is 9.36 Å². The Kier molecular flexibility index (Phi) is 5.96. The largest absolute Gasteiger partial charge is 0.497 e. The number of benzene rings is 2. The monoisotopic (exact) mass is 367 g/mol. The van der Waals surface area contributed by atoms with E-state index in [4.69, 9.17) is 4.74 Å². The molecule has 0 aliphatic rings. The molecule has 0 unspecified atom stereocenters. The fourth-order valence-corrected chi connectivity index (χ4v) is 3.36. The molecule has 0 bridgehead atoms. The van der Waals surface area contributed by atoms with Crippen molar-refractivity contribution in [1.82, 2.24) is 14.9 Å². The summed E-state index contributed by atoms with van der Waals surface area (Å²) in [6.45, 7) is 2.41. The summed E-state index contributed by atoms with van der Waals surface area (Å²) in [5.41, 5.74) is 2.06. The van der Waals surface area contributed by atoms with Crippen LogP contribution in [0.3, 0.4) is 0 Å². The number of thioether (sulfide) groups is 1. The molecule has 0 aliphatic carbocycles. The molecule has 3 aromatic rings. The molecule has 134 valence electrons. The molecule has 26 heavy (non-hydrogen) atoms. The van der Waals surface area contributed by atoms with E-state index in [2.05, 4.69) is 10.3 Å². The van der Waals surface area contributed by atoms with Crippen molar-refractivity contribution in [2.45, 2.75) is 23.9 Å². The molecule has 2 aromatic carbocycles. The Labute approximate surface area is 157 Å². The number of aromatic nitrogens is 2. The first-order chi connectivity index (χ1) is 12.7. The van der Waals surface area contributed by atoms with Crippen LogP contribution in [-0.4, -0.2) is 27.8 Å². The van der Waals surface area contributed by atoms with Crippen molar-refractivity contribution in [2.24, 2.45) is 0 Å². The van der Waals surface area contributed by atoms with Crippen LogP contribution in [-0.2, 0) is 11.3 Å². The molecule has 0 saturated heterocycles. The number of carbonyl (C=O) groups is 1. The van der Waals surface area contributed by atoms with Crippen LogP contribution >= 0.6 is 11.8 Å². The minimum atomic E-state index is -0.252. The quantitative estimate of drug-likeness (QED) is 0.647. The van der Waals surface area contributed by atoms with Gasteiger partial charge in [0, 0.05) is 24.6 Å². The van der Waals surface area contributed by atoms with Gasteiger partial charge in [0.25, 0.3) is 0 Å². The van der Waals surface area contributed by atoms with Gasteiger partial charge in [0.15, 0.2) is 5.16 Å². The molecule has 1 N–H and O–H groups in total. The SMILES string of the molecule is COc1ccc(-n2ccnc2S[C@@H](C)C(=O)NCc2ccccc2)cc1. The van der Waals surface area contributed by atoms with Gasteiger partial charge in [-0.15, -0.1) is 0 Å². The third kappa shape index (κ3) is 4.46. The van der Waals surface area contributed by atoms with Crippen molar-refractivity contribution >= 4 is 17.7 Å². The Hall–Kier alpha value is -2.73. The van der Waals surface area contributed by atoms with E-state index in [-0.39, 0.29) is 11.2 Å². The van der Waals surface area contributed by atoms with E-state index < -0.39 is 0 Å². The maximum atomic E-state index is 12.4. The minimum Gasteiger partial charge on any atom is -0.497 e. The lowest BCUT2D eigenvalue weighted by Crippen LogP contribution is -2.30. The van der Waals surface area contributed by atoms with E-state index >= 15 is 0 Å². The lowest BCUT2D eigenvalue weighted by Gasteiger charge is -2.13. The molecule has 0 radical (unpaired) electrons. The van der Waals surface area contributed by atoms with E-state index in [1.165, 1.54) is 11.8 Å². The molecule has 1 atom stereocenters. The number of hydrogen-bond acceptors (Lipinski definition) is 4. The van der Waals surface area contributed by atoms with Crippen LogP contribution in [0, 0.1) is 0 Å². The summed E-state index contributed by atoms with van der Waals surface area (Å²) in [4.78, 5) is 16.8. The maximum Gasteiger partial charge on any atom is 0.233 e. The van der Waals surface area contributed by atoms with E-state index in [9.17, 15) is 4.79 Å². The second kappa shape index (κ2) is 8.58. The Morgan fingerprint density at radius 2 is 1.92 bits per heavy atom. The first kappa shape index (κ1) is 18.1. The van der Waals surface area contributed by atoms with Gasteiger partial charge in [-0.05, 0) is 36.8 Å². The topological polar surface area (TPSA) is 56.2 Å². The highest BCUT2D eigenvalue weighted by Crippen LogP contribution is 2.25. The zero-order chi connectivity index (χ0) is 18.4. The van der Waals surface area contributed by atoms with Crippen LogP contribution in [0.2, 0.25) is 0 Å². The molecular weight excluding hydrogens is 346 g/mol. The van der Waals surface area contributed by atoms with Gasteiger partial charge in [0.05, 0.1) is 12.4 Å². The number of rotatable bonds is 7. The van der Waals surface area contributed by atoms with Crippen molar-refractivity contribution in [2.75, 3.05) is 7.11 Å². The molecule has 0 fully saturated rings. The molecule has 5 nitrogen and oxygen atoms in total. The zero-order valence-electron chi connectivity index (χ0n) is 14.8. The number of carbonyl (C=O) groups excluding carboxylic acids is 1. The summed E-state index contributed by atoms with van der Waals surface area (Å²) >= 11 is 1.43. The highest BCUT2D eigenvalue weighted by molar-refractivity contribution is 8.00. The van der Waals surface area contributed by atoms with Crippen molar-refractivity contribution in [3.63, 3.8) is 0 Å². The Morgan fingerprint density at radius 3 is 2.62 bits per heavy atom. The van der Waals surface area contributed by atoms with Crippen molar-refractivity contribution in [1.29, 1.82) is 0 Å².